The molecule has 1 atom stereocenters. The van der Waals surface area contributed by atoms with Gasteiger partial charge in [0.15, 0.2) is 0 Å². The number of hydrogen-bond donors (Lipinski definition) is 2. The Labute approximate surface area is 220 Å². The molecule has 14 heteroatoms. The fourth-order valence-corrected chi connectivity index (χ4v) is 3.87. The molecule has 1 unspecified atom stereocenters. The van der Waals surface area contributed by atoms with Crippen LogP contribution in [0.3, 0.4) is 0 Å². The molecule has 0 spiro atoms. The largest absolute Gasteiger partial charge is 0.497 e. The Hall–Kier alpha value is -4.59. The van der Waals surface area contributed by atoms with E-state index in [-0.39, 0.29) is 12.0 Å². The number of aliphatic carboxylic acids is 1. The van der Waals surface area contributed by atoms with Gasteiger partial charge in [0.05, 0.1) is 26.0 Å². The maximum Gasteiger partial charge on any atom is 0.490 e. The number of nitrogens with zero attached hydrogens (tertiary/aromatic N) is 5. The SMILES string of the molecule is COc1ccc(Nc2cccc3nc(C4CN(C(=O)c5ccnn5C)CCO4)cn23)cc1.O=C(O)C(F)(F)F. The number of alkyl halides is 3. The number of pyridine rings is 1. The minimum atomic E-state index is -5.08. The molecule has 1 saturated heterocycles. The number of aromatic nitrogens is 4. The van der Waals surface area contributed by atoms with Crippen molar-refractivity contribution in [2.45, 2.75) is 12.3 Å². The van der Waals surface area contributed by atoms with Gasteiger partial charge in [-0.1, -0.05) is 6.07 Å². The summed E-state index contributed by atoms with van der Waals surface area (Å²) in [6, 6.07) is 15.4. The van der Waals surface area contributed by atoms with E-state index in [9.17, 15) is 18.0 Å². The van der Waals surface area contributed by atoms with Crippen LogP contribution in [0.1, 0.15) is 22.3 Å². The topological polar surface area (TPSA) is 123 Å². The highest BCUT2D eigenvalue weighted by Crippen LogP contribution is 2.26. The van der Waals surface area contributed by atoms with Crippen molar-refractivity contribution < 1.29 is 37.3 Å². The van der Waals surface area contributed by atoms with E-state index in [0.717, 1.165) is 28.6 Å². The molecular formula is C25H25F3N6O5. The van der Waals surface area contributed by atoms with Crippen LogP contribution in [0.2, 0.25) is 0 Å². The summed E-state index contributed by atoms with van der Waals surface area (Å²) < 4.78 is 46.5. The average Bonchev–Trinajstić information content (AvgIpc) is 3.55. The first-order valence-corrected chi connectivity index (χ1v) is 11.6. The van der Waals surface area contributed by atoms with Gasteiger partial charge in [-0.3, -0.25) is 13.9 Å². The molecule has 1 aliphatic heterocycles. The lowest BCUT2D eigenvalue weighted by atomic mass is 10.2. The van der Waals surface area contributed by atoms with Crippen molar-refractivity contribution in [3.63, 3.8) is 0 Å². The maximum absolute atomic E-state index is 12.9. The van der Waals surface area contributed by atoms with Crippen molar-refractivity contribution in [1.82, 2.24) is 24.1 Å². The molecule has 2 N–H and O–H groups in total. The molecule has 39 heavy (non-hydrogen) atoms. The molecule has 1 amide bonds. The second kappa shape index (κ2) is 11.4. The van der Waals surface area contributed by atoms with Crippen molar-refractivity contribution in [3.05, 3.63) is 72.3 Å². The van der Waals surface area contributed by atoms with Crippen molar-refractivity contribution >= 4 is 29.0 Å². The van der Waals surface area contributed by atoms with Crippen molar-refractivity contribution in [1.29, 1.82) is 0 Å². The van der Waals surface area contributed by atoms with Crippen molar-refractivity contribution in [3.8, 4) is 5.75 Å². The summed E-state index contributed by atoms with van der Waals surface area (Å²) in [5, 5.41) is 14.6. The summed E-state index contributed by atoms with van der Waals surface area (Å²) in [5.41, 5.74) is 3.09. The van der Waals surface area contributed by atoms with Gasteiger partial charge in [0.1, 0.15) is 29.0 Å². The molecule has 5 rings (SSSR count). The van der Waals surface area contributed by atoms with Crippen LogP contribution < -0.4 is 10.1 Å². The minimum Gasteiger partial charge on any atom is -0.497 e. The predicted octanol–water partition coefficient (Wildman–Crippen LogP) is 3.67. The smallest absolute Gasteiger partial charge is 0.490 e. The number of carboxylic acids is 1. The first-order chi connectivity index (χ1) is 18.6. The number of fused-ring (bicyclic) bond motifs is 1. The first kappa shape index (κ1) is 27.4. The van der Waals surface area contributed by atoms with Gasteiger partial charge in [-0.25, -0.2) is 9.78 Å². The molecule has 0 saturated carbocycles. The second-order valence-corrected chi connectivity index (χ2v) is 8.41. The highest BCUT2D eigenvalue weighted by atomic mass is 19.4. The number of halogens is 3. The van der Waals surface area contributed by atoms with Crippen LogP contribution in [0.5, 0.6) is 5.75 Å². The van der Waals surface area contributed by atoms with Gasteiger partial charge in [0, 0.05) is 31.7 Å². The van der Waals surface area contributed by atoms with Gasteiger partial charge in [-0.2, -0.15) is 18.3 Å². The Kier molecular flexibility index (Phi) is 8.04. The molecule has 1 aromatic carbocycles. The lowest BCUT2D eigenvalue weighted by molar-refractivity contribution is -0.192. The minimum absolute atomic E-state index is 0.0519. The van der Waals surface area contributed by atoms with Gasteiger partial charge in [-0.05, 0) is 42.5 Å². The molecule has 1 aliphatic rings. The summed E-state index contributed by atoms with van der Waals surface area (Å²) in [5.74, 6) is -1.13. The number of carboxylic acid groups (broad SMARTS) is 1. The van der Waals surface area contributed by atoms with Gasteiger partial charge in [0.2, 0.25) is 0 Å². The van der Waals surface area contributed by atoms with Crippen LogP contribution >= 0.6 is 0 Å². The monoisotopic (exact) mass is 546 g/mol. The zero-order valence-corrected chi connectivity index (χ0v) is 20.9. The van der Waals surface area contributed by atoms with E-state index in [1.54, 1.807) is 36.0 Å². The quantitative estimate of drug-likeness (QED) is 0.389. The summed E-state index contributed by atoms with van der Waals surface area (Å²) >= 11 is 0. The molecule has 0 bridgehead atoms. The molecule has 0 radical (unpaired) electrons. The number of imidazole rings is 1. The van der Waals surface area contributed by atoms with Crippen LogP contribution in [0.25, 0.3) is 5.65 Å². The predicted molar refractivity (Wildman–Crippen MR) is 133 cm³/mol. The molecule has 11 nitrogen and oxygen atoms in total. The highest BCUT2D eigenvalue weighted by molar-refractivity contribution is 5.92. The van der Waals surface area contributed by atoms with E-state index in [1.807, 2.05) is 53.1 Å². The third-order valence-electron chi connectivity index (χ3n) is 5.84. The van der Waals surface area contributed by atoms with Crippen molar-refractivity contribution in [2.75, 3.05) is 32.1 Å². The lowest BCUT2D eigenvalue weighted by Crippen LogP contribution is -2.43. The Morgan fingerprint density at radius 1 is 1.15 bits per heavy atom. The third-order valence-corrected chi connectivity index (χ3v) is 5.84. The molecule has 3 aromatic heterocycles. The van der Waals surface area contributed by atoms with Gasteiger partial charge < -0.3 is 24.8 Å². The maximum atomic E-state index is 12.9. The summed E-state index contributed by atoms with van der Waals surface area (Å²) in [7, 11) is 3.42. The van der Waals surface area contributed by atoms with E-state index >= 15 is 0 Å². The van der Waals surface area contributed by atoms with Crippen LogP contribution in [-0.2, 0) is 16.6 Å². The number of amides is 1. The summed E-state index contributed by atoms with van der Waals surface area (Å²) in [6.45, 7) is 1.44. The molecular weight excluding hydrogens is 521 g/mol. The molecule has 1 fully saturated rings. The average molecular weight is 547 g/mol. The van der Waals surface area contributed by atoms with Gasteiger partial charge in [-0.15, -0.1) is 0 Å². The Balaban J connectivity index is 0.000000448. The number of ether oxygens (including phenoxy) is 2. The van der Waals surface area contributed by atoms with Crippen LogP contribution in [0, 0.1) is 0 Å². The number of benzene rings is 1. The standard InChI is InChI=1S/C23H24N6O3.C2HF3O2/c1-27-19(10-11-24-27)23(30)28-12-13-32-20(15-28)18-14-29-21(4-3-5-22(29)26-18)25-16-6-8-17(31-2)9-7-16;3-2(4,5)1(6)7/h3-11,14,20,25H,12-13,15H2,1-2H3;(H,6,7). The zero-order valence-electron chi connectivity index (χ0n) is 20.9. The number of morpholine rings is 1. The molecule has 0 aliphatic carbocycles. The third kappa shape index (κ3) is 6.46. The number of methoxy groups -OCH3 is 1. The second-order valence-electron chi connectivity index (χ2n) is 8.41. The van der Waals surface area contributed by atoms with E-state index in [0.29, 0.717) is 25.4 Å². The number of hydrogen-bond acceptors (Lipinski definition) is 7. The van der Waals surface area contributed by atoms with Crippen LogP contribution in [0.4, 0.5) is 24.7 Å². The molecule has 4 heterocycles. The first-order valence-electron chi connectivity index (χ1n) is 11.6. The number of nitrogens with one attached hydrogen (secondary N) is 1. The molecule has 206 valence electrons. The fourth-order valence-electron chi connectivity index (χ4n) is 3.87. The fraction of sp³-hybridized carbons (Fsp3) is 0.280. The van der Waals surface area contributed by atoms with Gasteiger partial charge in [0.25, 0.3) is 5.91 Å². The van der Waals surface area contributed by atoms with E-state index in [1.165, 1.54) is 0 Å². The number of rotatable bonds is 5. The Morgan fingerprint density at radius 2 is 1.87 bits per heavy atom. The lowest BCUT2D eigenvalue weighted by Gasteiger charge is -2.32. The Bertz CT molecular complexity index is 1450. The highest BCUT2D eigenvalue weighted by Gasteiger charge is 2.38. The number of carbonyl (C=O) groups excluding carboxylic acids is 1. The molecule has 4 aromatic rings. The van der Waals surface area contributed by atoms with Crippen molar-refractivity contribution in [2.24, 2.45) is 7.05 Å². The number of aryl methyl sites for hydroxylation is 1. The van der Waals surface area contributed by atoms with Gasteiger partial charge >= 0.3 is 12.1 Å². The van der Waals surface area contributed by atoms with E-state index in [4.69, 9.17) is 24.4 Å². The zero-order chi connectivity index (χ0) is 28.2. The number of anilines is 2. The Morgan fingerprint density at radius 3 is 2.49 bits per heavy atom. The summed E-state index contributed by atoms with van der Waals surface area (Å²) in [6.07, 6.45) is -1.79. The van der Waals surface area contributed by atoms with E-state index < -0.39 is 12.1 Å². The van der Waals surface area contributed by atoms with E-state index in [2.05, 4.69) is 10.4 Å². The number of carbonyl (C=O) groups is 2. The van der Waals surface area contributed by atoms with Crippen LogP contribution in [-0.4, -0.2) is 74.0 Å². The normalized spacial score (nSPS) is 15.4. The van der Waals surface area contributed by atoms with Crippen LogP contribution in [0.15, 0.2) is 60.9 Å². The summed E-state index contributed by atoms with van der Waals surface area (Å²) in [4.78, 5) is 28.4.